The molecule has 0 saturated heterocycles. The molecule has 0 saturated carbocycles. The number of hydrogen-bond acceptors (Lipinski definition) is 4. The van der Waals surface area contributed by atoms with Gasteiger partial charge in [0.25, 0.3) is 11.6 Å². The van der Waals surface area contributed by atoms with Crippen molar-refractivity contribution < 1.29 is 4.42 Å². The molecule has 1 heterocycles. The molecule has 0 radical (unpaired) electrons. The van der Waals surface area contributed by atoms with Crippen molar-refractivity contribution >= 4 is 6.01 Å². The van der Waals surface area contributed by atoms with Gasteiger partial charge in [-0.15, -0.1) is 0 Å². The fourth-order valence-electron chi connectivity index (χ4n) is 2.92. The molecule has 3 rings (SSSR count). The van der Waals surface area contributed by atoms with E-state index >= 15 is 0 Å². The summed E-state index contributed by atoms with van der Waals surface area (Å²) in [4.78, 5) is 15.5. The summed E-state index contributed by atoms with van der Waals surface area (Å²) in [6.45, 7) is 2.24. The summed E-state index contributed by atoms with van der Waals surface area (Å²) in [5.41, 5.74) is 7.28. The Morgan fingerprint density at radius 2 is 2.26 bits per heavy atom. The van der Waals surface area contributed by atoms with Gasteiger partial charge in [-0.05, 0) is 37.2 Å². The van der Waals surface area contributed by atoms with Crippen LogP contribution < -0.4 is 11.3 Å². The number of hydrogen-bond donors (Lipinski definition) is 1. The second kappa shape index (κ2) is 4.68. The molecule has 2 aliphatic carbocycles. The molecule has 100 valence electrons. The first-order valence-electron chi connectivity index (χ1n) is 6.81. The van der Waals surface area contributed by atoms with Crippen LogP contribution in [0.2, 0.25) is 0 Å². The van der Waals surface area contributed by atoms with Gasteiger partial charge in [-0.25, -0.2) is 0 Å². The second-order valence-corrected chi connectivity index (χ2v) is 5.47. The van der Waals surface area contributed by atoms with Gasteiger partial charge in [-0.3, -0.25) is 4.79 Å². The van der Waals surface area contributed by atoms with Gasteiger partial charge in [0, 0.05) is 5.92 Å². The van der Waals surface area contributed by atoms with Crippen LogP contribution in [-0.2, 0) is 6.42 Å². The van der Waals surface area contributed by atoms with E-state index in [1.807, 2.05) is 0 Å². The minimum absolute atomic E-state index is 0.0257. The van der Waals surface area contributed by atoms with Gasteiger partial charge in [-0.1, -0.05) is 25.2 Å². The van der Waals surface area contributed by atoms with E-state index in [-0.39, 0.29) is 17.5 Å². The average molecular weight is 258 g/mol. The first-order chi connectivity index (χ1) is 9.15. The molecular weight excluding hydrogens is 240 g/mol. The Bertz CT molecular complexity index is 613. The molecule has 2 atom stereocenters. The van der Waals surface area contributed by atoms with Crippen LogP contribution in [0.5, 0.6) is 0 Å². The van der Waals surface area contributed by atoms with E-state index in [1.54, 1.807) is 0 Å². The number of aromatic nitrogens is 1. The summed E-state index contributed by atoms with van der Waals surface area (Å²) in [6.07, 6.45) is 10.5. The third kappa shape index (κ3) is 2.23. The summed E-state index contributed by atoms with van der Waals surface area (Å²) in [5.74, 6) is 1.56. The highest BCUT2D eigenvalue weighted by Crippen LogP contribution is 2.39. The highest BCUT2D eigenvalue weighted by atomic mass is 16.4. The molecular formula is C15H18N2O2. The number of nitrogens with zero attached hydrogens (tertiary/aromatic N) is 1. The van der Waals surface area contributed by atoms with Crippen LogP contribution in [0, 0.1) is 5.92 Å². The maximum atomic E-state index is 11.8. The van der Waals surface area contributed by atoms with Gasteiger partial charge in [0.15, 0.2) is 0 Å². The van der Waals surface area contributed by atoms with E-state index in [0.29, 0.717) is 11.5 Å². The maximum Gasteiger partial charge on any atom is 0.295 e. The van der Waals surface area contributed by atoms with Gasteiger partial charge >= 0.3 is 0 Å². The standard InChI is InChI=1S/C15H18N2O2/c1-9-3-2-4-10(6-5-9)11-7-8-12-13(11)19-15(16)17-14(12)18/h2,4,6,9,11H,3,5,7-8H2,1H3,(H2,16,17,18). The minimum atomic E-state index is -0.229. The Morgan fingerprint density at radius 1 is 1.42 bits per heavy atom. The molecule has 0 amide bonds. The SMILES string of the molecule is CC1CC=CC(C2CCc3c2oc(N)nc3=O)=CC1. The first-order valence-corrected chi connectivity index (χ1v) is 6.81. The van der Waals surface area contributed by atoms with Crippen molar-refractivity contribution in [2.45, 2.75) is 38.5 Å². The summed E-state index contributed by atoms with van der Waals surface area (Å²) in [5, 5.41) is 0. The Morgan fingerprint density at radius 3 is 3.11 bits per heavy atom. The molecule has 4 nitrogen and oxygen atoms in total. The van der Waals surface area contributed by atoms with Gasteiger partial charge < -0.3 is 10.2 Å². The predicted molar refractivity (Wildman–Crippen MR) is 73.9 cm³/mol. The van der Waals surface area contributed by atoms with Crippen LogP contribution in [0.1, 0.15) is 43.4 Å². The molecule has 4 heteroatoms. The fourth-order valence-corrected chi connectivity index (χ4v) is 2.92. The van der Waals surface area contributed by atoms with Gasteiger partial charge in [0.05, 0.1) is 5.56 Å². The summed E-state index contributed by atoms with van der Waals surface area (Å²) < 4.78 is 5.53. The average Bonchev–Trinajstić information content (AvgIpc) is 2.66. The van der Waals surface area contributed by atoms with Crippen LogP contribution >= 0.6 is 0 Å². The second-order valence-electron chi connectivity index (χ2n) is 5.47. The Balaban J connectivity index is 2.00. The van der Waals surface area contributed by atoms with Gasteiger partial charge in [-0.2, -0.15) is 4.98 Å². The van der Waals surface area contributed by atoms with Crippen LogP contribution in [-0.4, -0.2) is 4.98 Å². The van der Waals surface area contributed by atoms with Crippen LogP contribution in [0.15, 0.2) is 33.0 Å². The van der Waals surface area contributed by atoms with Crippen LogP contribution in [0.3, 0.4) is 0 Å². The highest BCUT2D eigenvalue weighted by Gasteiger charge is 2.30. The van der Waals surface area contributed by atoms with E-state index in [1.165, 1.54) is 5.57 Å². The quantitative estimate of drug-likeness (QED) is 0.840. The van der Waals surface area contributed by atoms with Crippen molar-refractivity contribution in [3.8, 4) is 0 Å². The van der Waals surface area contributed by atoms with E-state index < -0.39 is 0 Å². The molecule has 1 aromatic rings. The van der Waals surface area contributed by atoms with E-state index in [0.717, 1.165) is 31.4 Å². The number of fused-ring (bicyclic) bond motifs is 1. The largest absolute Gasteiger partial charge is 0.429 e. The van der Waals surface area contributed by atoms with Crippen molar-refractivity contribution in [1.29, 1.82) is 0 Å². The molecule has 1 aromatic heterocycles. The van der Waals surface area contributed by atoms with Crippen LogP contribution in [0.25, 0.3) is 0 Å². The van der Waals surface area contributed by atoms with Crippen molar-refractivity contribution in [1.82, 2.24) is 4.98 Å². The molecule has 0 bridgehead atoms. The monoisotopic (exact) mass is 258 g/mol. The molecule has 0 aromatic carbocycles. The molecule has 2 aliphatic rings. The Labute approximate surface area is 112 Å². The lowest BCUT2D eigenvalue weighted by atomic mass is 9.96. The summed E-state index contributed by atoms with van der Waals surface area (Å²) in [7, 11) is 0. The number of nitrogens with two attached hydrogens (primary N) is 1. The van der Waals surface area contributed by atoms with E-state index in [2.05, 4.69) is 30.1 Å². The Kier molecular flexibility index (Phi) is 3.01. The van der Waals surface area contributed by atoms with Gasteiger partial charge in [0.1, 0.15) is 5.76 Å². The predicted octanol–water partition coefficient (Wildman–Crippen LogP) is 2.56. The topological polar surface area (TPSA) is 69.1 Å². The Hall–Kier alpha value is -1.84. The number of anilines is 1. The van der Waals surface area contributed by atoms with Crippen molar-refractivity contribution in [3.63, 3.8) is 0 Å². The number of rotatable bonds is 1. The third-order valence-corrected chi connectivity index (χ3v) is 3.99. The van der Waals surface area contributed by atoms with Crippen molar-refractivity contribution in [3.05, 3.63) is 45.5 Å². The lowest BCUT2D eigenvalue weighted by molar-refractivity contribution is 0.479. The zero-order chi connectivity index (χ0) is 13.4. The number of allylic oxidation sites excluding steroid dienone is 4. The smallest absolute Gasteiger partial charge is 0.295 e. The maximum absolute atomic E-state index is 11.8. The number of nitrogen functional groups attached to an aromatic ring is 1. The molecule has 0 fully saturated rings. The fraction of sp³-hybridized carbons (Fsp3) is 0.467. The lowest BCUT2D eigenvalue weighted by Crippen LogP contribution is -2.14. The van der Waals surface area contributed by atoms with Gasteiger partial charge in [0.2, 0.25) is 0 Å². The lowest BCUT2D eigenvalue weighted by Gasteiger charge is -2.11. The molecule has 0 aliphatic heterocycles. The van der Waals surface area contributed by atoms with E-state index in [9.17, 15) is 4.79 Å². The third-order valence-electron chi connectivity index (χ3n) is 3.99. The first kappa shape index (κ1) is 12.2. The van der Waals surface area contributed by atoms with E-state index in [4.69, 9.17) is 10.2 Å². The van der Waals surface area contributed by atoms with Crippen molar-refractivity contribution in [2.24, 2.45) is 5.92 Å². The summed E-state index contributed by atoms with van der Waals surface area (Å²) in [6, 6.07) is -0.0257. The molecule has 2 N–H and O–H groups in total. The zero-order valence-electron chi connectivity index (χ0n) is 11.1. The summed E-state index contributed by atoms with van der Waals surface area (Å²) >= 11 is 0. The minimum Gasteiger partial charge on any atom is -0.429 e. The molecule has 0 spiro atoms. The van der Waals surface area contributed by atoms with Crippen LogP contribution in [0.4, 0.5) is 6.01 Å². The zero-order valence-corrected chi connectivity index (χ0v) is 11.1. The molecule has 19 heavy (non-hydrogen) atoms. The van der Waals surface area contributed by atoms with Crippen molar-refractivity contribution in [2.75, 3.05) is 5.73 Å². The highest BCUT2D eigenvalue weighted by molar-refractivity contribution is 5.39. The normalized spacial score (nSPS) is 25.8. The molecule has 2 unspecified atom stereocenters.